The molecule has 0 atom stereocenters. The molecule has 0 saturated carbocycles. The molecule has 116 valence electrons. The Balaban J connectivity index is 2.54. The molecule has 0 heterocycles. The summed E-state index contributed by atoms with van der Waals surface area (Å²) in [5.74, 6) is 0.134. The van der Waals surface area contributed by atoms with Gasteiger partial charge in [0.15, 0.2) is 4.90 Å². The van der Waals surface area contributed by atoms with Crippen LogP contribution < -0.4 is 4.18 Å². The third-order valence-corrected chi connectivity index (χ3v) is 4.48. The van der Waals surface area contributed by atoms with E-state index in [-0.39, 0.29) is 11.3 Å². The van der Waals surface area contributed by atoms with Crippen molar-refractivity contribution in [3.05, 3.63) is 63.2 Å². The summed E-state index contributed by atoms with van der Waals surface area (Å²) in [6.45, 7) is 5.11. The largest absolute Gasteiger partial charge is 0.379 e. The maximum Gasteiger partial charge on any atom is 0.346 e. The zero-order valence-electron chi connectivity index (χ0n) is 12.4. The van der Waals surface area contributed by atoms with E-state index >= 15 is 0 Å². The second-order valence-electron chi connectivity index (χ2n) is 5.04. The molecule has 22 heavy (non-hydrogen) atoms. The van der Waals surface area contributed by atoms with Crippen LogP contribution in [0.15, 0.2) is 41.3 Å². The first-order valence-corrected chi connectivity index (χ1v) is 7.88. The normalized spacial score (nSPS) is 11.2. The van der Waals surface area contributed by atoms with Crippen molar-refractivity contribution in [3.8, 4) is 5.75 Å². The van der Waals surface area contributed by atoms with E-state index < -0.39 is 25.6 Å². The smallest absolute Gasteiger partial charge is 0.346 e. The summed E-state index contributed by atoms with van der Waals surface area (Å²) in [6.07, 6.45) is 0. The first kappa shape index (κ1) is 16.0. The number of aryl methyl sites for hydroxylation is 3. The predicted octanol–water partition coefficient (Wildman–Crippen LogP) is 3.29. The van der Waals surface area contributed by atoms with E-state index in [4.69, 9.17) is 4.18 Å². The van der Waals surface area contributed by atoms with Gasteiger partial charge in [-0.25, -0.2) is 0 Å². The van der Waals surface area contributed by atoms with Gasteiger partial charge in [0, 0.05) is 6.07 Å². The molecule has 2 rings (SSSR count). The van der Waals surface area contributed by atoms with Gasteiger partial charge in [0.2, 0.25) is 0 Å². The third kappa shape index (κ3) is 3.25. The van der Waals surface area contributed by atoms with Crippen LogP contribution in [-0.4, -0.2) is 13.3 Å². The van der Waals surface area contributed by atoms with Crippen LogP contribution >= 0.6 is 0 Å². The van der Waals surface area contributed by atoms with Gasteiger partial charge in [-0.2, -0.15) is 8.42 Å². The second-order valence-corrected chi connectivity index (χ2v) is 6.52. The molecule has 0 N–H and O–H groups in total. The van der Waals surface area contributed by atoms with E-state index in [1.807, 2.05) is 19.9 Å². The van der Waals surface area contributed by atoms with Crippen LogP contribution in [0.1, 0.15) is 16.7 Å². The highest BCUT2D eigenvalue weighted by Crippen LogP contribution is 2.30. The molecule has 0 aliphatic heterocycles. The lowest BCUT2D eigenvalue weighted by molar-refractivity contribution is -0.388. The number of nitrogens with zero attached hydrogens (tertiary/aromatic N) is 1. The number of nitro groups is 1. The fraction of sp³-hybridized carbons (Fsp3) is 0.200. The van der Waals surface area contributed by atoms with Crippen molar-refractivity contribution in [2.45, 2.75) is 25.7 Å². The number of hydrogen-bond donors (Lipinski definition) is 0. The van der Waals surface area contributed by atoms with Crippen molar-refractivity contribution in [1.29, 1.82) is 0 Å². The number of rotatable bonds is 4. The van der Waals surface area contributed by atoms with Gasteiger partial charge in [-0.3, -0.25) is 10.1 Å². The van der Waals surface area contributed by atoms with Gasteiger partial charge >= 0.3 is 10.1 Å². The van der Waals surface area contributed by atoms with Crippen LogP contribution in [0, 0.1) is 30.9 Å². The third-order valence-electron chi connectivity index (χ3n) is 3.04. The Morgan fingerprint density at radius 3 is 2.18 bits per heavy atom. The highest BCUT2D eigenvalue weighted by Gasteiger charge is 2.29. The summed E-state index contributed by atoms with van der Waals surface area (Å²) in [5.41, 5.74) is 1.44. The van der Waals surface area contributed by atoms with Crippen LogP contribution in [0.5, 0.6) is 5.75 Å². The molecule has 0 aliphatic rings. The van der Waals surface area contributed by atoms with Gasteiger partial charge < -0.3 is 4.18 Å². The zero-order chi connectivity index (χ0) is 16.5. The first-order chi connectivity index (χ1) is 10.2. The summed E-state index contributed by atoms with van der Waals surface area (Å²) in [4.78, 5) is 9.92. The molecule has 0 aliphatic carbocycles. The van der Waals surface area contributed by atoms with Gasteiger partial charge in [0.05, 0.1) is 4.92 Å². The van der Waals surface area contributed by atoms with Crippen molar-refractivity contribution in [2.24, 2.45) is 0 Å². The topological polar surface area (TPSA) is 86.5 Å². The van der Waals surface area contributed by atoms with Crippen LogP contribution in [-0.2, 0) is 10.1 Å². The van der Waals surface area contributed by atoms with Crippen LogP contribution in [0.25, 0.3) is 0 Å². The second kappa shape index (κ2) is 5.76. The highest BCUT2D eigenvalue weighted by atomic mass is 32.2. The van der Waals surface area contributed by atoms with Crippen LogP contribution in [0.3, 0.4) is 0 Å². The van der Waals surface area contributed by atoms with Crippen molar-refractivity contribution in [2.75, 3.05) is 0 Å². The Morgan fingerprint density at radius 2 is 1.64 bits per heavy atom. The van der Waals surface area contributed by atoms with E-state index in [1.165, 1.54) is 19.1 Å². The monoisotopic (exact) mass is 321 g/mol. The van der Waals surface area contributed by atoms with Gasteiger partial charge in [-0.15, -0.1) is 0 Å². The fourth-order valence-electron chi connectivity index (χ4n) is 2.26. The minimum absolute atomic E-state index is 0.134. The highest BCUT2D eigenvalue weighted by molar-refractivity contribution is 7.87. The predicted molar refractivity (Wildman–Crippen MR) is 81.6 cm³/mol. The van der Waals surface area contributed by atoms with Crippen molar-refractivity contribution in [1.82, 2.24) is 0 Å². The SMILES string of the molecule is Cc1cc(C)cc(OS(=O)(=O)c2c(C)cccc2[N+](=O)[O-])c1. The van der Waals surface area contributed by atoms with E-state index in [9.17, 15) is 18.5 Å². The average molecular weight is 321 g/mol. The van der Waals surface area contributed by atoms with Gasteiger partial charge in [-0.1, -0.05) is 18.2 Å². The lowest BCUT2D eigenvalue weighted by Gasteiger charge is -2.10. The molecule has 0 bridgehead atoms. The Hall–Kier alpha value is -2.41. The lowest BCUT2D eigenvalue weighted by atomic mass is 10.1. The summed E-state index contributed by atoms with van der Waals surface area (Å²) < 4.78 is 30.0. The molecule has 7 heteroatoms. The van der Waals surface area contributed by atoms with Crippen LogP contribution in [0.2, 0.25) is 0 Å². The molecule has 0 radical (unpaired) electrons. The maximum atomic E-state index is 12.4. The molecule has 0 fully saturated rings. The molecule has 2 aromatic rings. The molecular formula is C15H15NO5S. The summed E-state index contributed by atoms with van der Waals surface area (Å²) in [5, 5.41) is 11.1. The van der Waals surface area contributed by atoms with E-state index in [0.29, 0.717) is 0 Å². The van der Waals surface area contributed by atoms with E-state index in [1.54, 1.807) is 12.1 Å². The number of nitro benzene ring substituents is 1. The zero-order valence-corrected chi connectivity index (χ0v) is 13.2. The minimum Gasteiger partial charge on any atom is -0.379 e. The summed E-state index contributed by atoms with van der Waals surface area (Å²) >= 11 is 0. The average Bonchev–Trinajstić information content (AvgIpc) is 2.35. The molecule has 0 saturated heterocycles. The van der Waals surface area contributed by atoms with E-state index in [2.05, 4.69) is 0 Å². The first-order valence-electron chi connectivity index (χ1n) is 6.47. The van der Waals surface area contributed by atoms with Gasteiger partial charge in [0.1, 0.15) is 5.75 Å². The minimum atomic E-state index is -4.29. The standard InChI is InChI=1S/C15H15NO5S/c1-10-7-11(2)9-13(8-10)21-22(19,20)15-12(3)5-4-6-14(15)16(17)18/h4-9H,1-3H3. The Kier molecular flexibility index (Phi) is 4.18. The summed E-state index contributed by atoms with van der Waals surface area (Å²) in [6, 6.07) is 9.07. The summed E-state index contributed by atoms with van der Waals surface area (Å²) in [7, 11) is -4.29. The number of benzene rings is 2. The van der Waals surface area contributed by atoms with Gasteiger partial charge in [0.25, 0.3) is 5.69 Å². The van der Waals surface area contributed by atoms with Crippen molar-refractivity contribution in [3.63, 3.8) is 0 Å². The Labute approximate surface area is 128 Å². The molecule has 0 aromatic heterocycles. The molecular weight excluding hydrogens is 306 g/mol. The molecule has 0 amide bonds. The Bertz CT molecular complexity index is 823. The van der Waals surface area contributed by atoms with Crippen LogP contribution in [0.4, 0.5) is 5.69 Å². The molecule has 2 aromatic carbocycles. The Morgan fingerprint density at radius 1 is 1.05 bits per heavy atom. The molecule has 0 unspecified atom stereocenters. The maximum absolute atomic E-state index is 12.4. The lowest BCUT2D eigenvalue weighted by Crippen LogP contribution is -2.13. The number of hydrogen-bond acceptors (Lipinski definition) is 5. The van der Waals surface area contributed by atoms with Crippen molar-refractivity contribution >= 4 is 15.8 Å². The van der Waals surface area contributed by atoms with E-state index in [0.717, 1.165) is 17.2 Å². The molecule has 0 spiro atoms. The fourth-order valence-corrected chi connectivity index (χ4v) is 3.55. The van der Waals surface area contributed by atoms with Crippen molar-refractivity contribution < 1.29 is 17.5 Å². The van der Waals surface area contributed by atoms with Gasteiger partial charge in [-0.05, 0) is 49.6 Å². The molecule has 6 nitrogen and oxygen atoms in total. The quantitative estimate of drug-likeness (QED) is 0.490.